The first-order valence-electron chi connectivity index (χ1n) is 21.0. The maximum Gasteiger partial charge on any atom is 0.100 e. The number of nitrogens with zero attached hydrogens (tertiary/aromatic N) is 4. The van der Waals surface area contributed by atoms with Crippen LogP contribution in [-0.2, 0) is 0 Å². The molecule has 0 radical (unpaired) electrons. The number of hydrogen-bond acceptors (Lipinski definition) is 7. The first kappa shape index (κ1) is 39.5. The van der Waals surface area contributed by atoms with Gasteiger partial charge < -0.3 is 40.6 Å². The van der Waals surface area contributed by atoms with Gasteiger partial charge in [0.1, 0.15) is 5.82 Å². The molecule has 0 saturated carbocycles. The van der Waals surface area contributed by atoms with Crippen LogP contribution in [0.5, 0.6) is 0 Å². The summed E-state index contributed by atoms with van der Waals surface area (Å²) < 4.78 is 2.27. The first-order chi connectivity index (χ1) is 28.6. The Morgan fingerprint density at radius 2 is 1.41 bits per heavy atom. The Labute approximate surface area is 349 Å². The second kappa shape index (κ2) is 17.3. The van der Waals surface area contributed by atoms with Gasteiger partial charge in [-0.25, -0.2) is 0 Å². The number of allylic oxidation sites excluding steroid dienone is 4. The molecular formula is C50H59N9. The van der Waals surface area contributed by atoms with Crippen molar-refractivity contribution in [1.82, 2.24) is 24.7 Å². The van der Waals surface area contributed by atoms with E-state index in [0.717, 1.165) is 119 Å². The maximum absolute atomic E-state index is 4.51. The molecule has 5 N–H and O–H groups in total. The summed E-state index contributed by atoms with van der Waals surface area (Å²) >= 11 is 0. The zero-order chi connectivity index (χ0) is 41.0. The molecular weight excluding hydrogens is 727 g/mol. The Balaban J connectivity index is 0.736. The van der Waals surface area contributed by atoms with Gasteiger partial charge in [-0.05, 0) is 117 Å². The van der Waals surface area contributed by atoms with Gasteiger partial charge in [-0.15, -0.1) is 0 Å². The van der Waals surface area contributed by atoms with Crippen LogP contribution in [-0.4, -0.2) is 65.2 Å². The van der Waals surface area contributed by atoms with Gasteiger partial charge in [0.05, 0.1) is 6.04 Å². The zero-order valence-corrected chi connectivity index (χ0v) is 34.5. The number of fused-ring (bicyclic) bond motifs is 2. The molecule has 2 aromatic heterocycles. The number of nitrogens with one attached hydrogen (secondary N) is 5. The number of aromatic nitrogens is 2. The molecule has 59 heavy (non-hydrogen) atoms. The van der Waals surface area contributed by atoms with Gasteiger partial charge in [0, 0.05) is 123 Å². The number of piperazine rings is 1. The highest BCUT2D eigenvalue weighted by molar-refractivity contribution is 5.87. The fourth-order valence-electron chi connectivity index (χ4n) is 8.94. The van der Waals surface area contributed by atoms with Crippen molar-refractivity contribution in [3.63, 3.8) is 0 Å². The predicted molar refractivity (Wildman–Crippen MR) is 252 cm³/mol. The van der Waals surface area contributed by atoms with E-state index in [2.05, 4.69) is 134 Å². The average molecular weight is 786 g/mol. The van der Waals surface area contributed by atoms with Crippen molar-refractivity contribution in [2.75, 3.05) is 66.7 Å². The second-order valence-corrected chi connectivity index (χ2v) is 16.4. The fourth-order valence-corrected chi connectivity index (χ4v) is 8.94. The highest BCUT2D eigenvalue weighted by atomic mass is 15.3. The first-order valence-corrected chi connectivity index (χ1v) is 21.0. The molecule has 3 saturated heterocycles. The van der Waals surface area contributed by atoms with E-state index in [1.165, 1.54) is 42.3 Å². The van der Waals surface area contributed by atoms with Crippen LogP contribution in [0.15, 0.2) is 147 Å². The maximum atomic E-state index is 4.51. The molecule has 0 spiro atoms. The Kier molecular flexibility index (Phi) is 11.6. The van der Waals surface area contributed by atoms with E-state index < -0.39 is 0 Å². The van der Waals surface area contributed by atoms with E-state index in [1.54, 1.807) is 0 Å². The third kappa shape index (κ3) is 9.06. The molecule has 5 heterocycles. The highest BCUT2D eigenvalue weighted by Crippen LogP contribution is 2.29. The number of likely N-dealkylation sites (tertiary alicyclic amines) is 1. The summed E-state index contributed by atoms with van der Waals surface area (Å²) in [5.74, 6) is 1.46. The third-order valence-corrected chi connectivity index (χ3v) is 12.4. The Hall–Kier alpha value is -6.32. The number of rotatable bonds is 14. The van der Waals surface area contributed by atoms with Crippen LogP contribution < -0.4 is 36.9 Å². The third-order valence-electron chi connectivity index (χ3n) is 12.4. The quantitative estimate of drug-likeness (QED) is 0.0721. The predicted octanol–water partition coefficient (Wildman–Crippen LogP) is 8.81. The molecule has 0 amide bonds. The molecule has 5 aromatic rings. The zero-order valence-electron chi connectivity index (χ0n) is 34.5. The number of benzene rings is 3. The summed E-state index contributed by atoms with van der Waals surface area (Å²) in [5.41, 5.74) is 9.14. The van der Waals surface area contributed by atoms with E-state index >= 15 is 0 Å². The van der Waals surface area contributed by atoms with Crippen molar-refractivity contribution in [3.8, 4) is 0 Å². The van der Waals surface area contributed by atoms with E-state index in [9.17, 15) is 0 Å². The second-order valence-electron chi connectivity index (χ2n) is 16.4. The topological polar surface area (TPSA) is 78.6 Å². The molecule has 3 aliphatic heterocycles. The van der Waals surface area contributed by atoms with Gasteiger partial charge in [0.25, 0.3) is 0 Å². The molecule has 9 heteroatoms. The standard InChI is InChI=1S/C50H59N9/c1-34-9-19-50(37(4)52-34)59-38(5)47-17-16-46(33-48(47)39(59)6)58-30-28-56(29-31-58)25-21-41-22-26-57(27-23-41)36(3)10-8-35(2)53-43-11-13-44(14-12-43)54-40(7)55-45-15-18-49-42(32-45)20-24-51-49/h8,10-18,20,24,32-33,41,50-55H,1-7,9,19,21-23,25-31H2/b10-8+. The van der Waals surface area contributed by atoms with Crippen molar-refractivity contribution in [2.24, 2.45) is 5.92 Å². The van der Waals surface area contributed by atoms with Gasteiger partial charge in [-0.2, -0.15) is 0 Å². The van der Waals surface area contributed by atoms with Crippen LogP contribution in [0, 0.1) is 5.92 Å². The van der Waals surface area contributed by atoms with Crippen LogP contribution >= 0.6 is 0 Å². The minimum atomic E-state index is 0.143. The molecule has 9 nitrogen and oxygen atoms in total. The molecule has 3 aliphatic rings. The lowest BCUT2D eigenvalue weighted by Crippen LogP contribution is -2.47. The van der Waals surface area contributed by atoms with Crippen LogP contribution in [0.25, 0.3) is 34.8 Å². The largest absolute Gasteiger partial charge is 0.372 e. The lowest BCUT2D eigenvalue weighted by molar-refractivity contribution is 0.189. The molecule has 304 valence electrons. The van der Waals surface area contributed by atoms with Crippen LogP contribution in [0.4, 0.5) is 22.7 Å². The summed E-state index contributed by atoms with van der Waals surface area (Å²) in [7, 11) is 0. The normalized spacial score (nSPS) is 18.1. The summed E-state index contributed by atoms with van der Waals surface area (Å²) in [5, 5.41) is 19.0. The molecule has 0 aliphatic carbocycles. The summed E-state index contributed by atoms with van der Waals surface area (Å²) in [6.45, 7) is 37.6. The number of H-pyrrole nitrogens is 1. The fraction of sp³-hybridized carbons (Fsp3) is 0.280. The number of anilines is 4. The average Bonchev–Trinajstić information content (AvgIpc) is 3.81. The lowest BCUT2D eigenvalue weighted by Gasteiger charge is -2.38. The monoisotopic (exact) mass is 785 g/mol. The SMILES string of the molecule is C=C(/C=C/C(=C)N1CCC(CCN2CCN(c3ccc4c(=C)n(C5CCC(=C)NC5=C)c(=C)c4c3)CC2)CC1)Nc1ccc(NC(=C)Nc2ccc3[nH]ccc3c2)cc1. The van der Waals surface area contributed by atoms with E-state index in [4.69, 9.17) is 0 Å². The number of piperidine rings is 2. The molecule has 1 unspecified atom stereocenters. The van der Waals surface area contributed by atoms with Crippen molar-refractivity contribution in [1.29, 1.82) is 0 Å². The Bertz CT molecular complexity index is 2520. The van der Waals surface area contributed by atoms with Gasteiger partial charge in [-0.1, -0.05) is 52.1 Å². The van der Waals surface area contributed by atoms with Gasteiger partial charge >= 0.3 is 0 Å². The number of aromatic amines is 1. The van der Waals surface area contributed by atoms with E-state index in [-0.39, 0.29) is 6.04 Å². The van der Waals surface area contributed by atoms with E-state index in [0.29, 0.717) is 5.82 Å². The Morgan fingerprint density at radius 3 is 2.15 bits per heavy atom. The Morgan fingerprint density at radius 1 is 0.712 bits per heavy atom. The summed E-state index contributed by atoms with van der Waals surface area (Å²) in [6.07, 6.45) is 11.6. The molecule has 0 bridgehead atoms. The molecule has 8 rings (SSSR count). The van der Waals surface area contributed by atoms with Gasteiger partial charge in [-0.3, -0.25) is 4.90 Å². The van der Waals surface area contributed by atoms with Crippen LogP contribution in [0.1, 0.15) is 38.1 Å². The van der Waals surface area contributed by atoms with Gasteiger partial charge in [0.2, 0.25) is 0 Å². The molecule has 3 fully saturated rings. The minimum Gasteiger partial charge on any atom is -0.372 e. The molecule has 1 atom stereocenters. The van der Waals surface area contributed by atoms with Crippen molar-refractivity contribution in [2.45, 2.75) is 38.1 Å². The smallest absolute Gasteiger partial charge is 0.100 e. The minimum absolute atomic E-state index is 0.143. The molecule has 3 aromatic carbocycles. The van der Waals surface area contributed by atoms with Crippen molar-refractivity contribution in [3.05, 3.63) is 157 Å². The summed E-state index contributed by atoms with van der Waals surface area (Å²) in [4.78, 5) is 10.8. The summed E-state index contributed by atoms with van der Waals surface area (Å²) in [6, 6.07) is 23.3. The van der Waals surface area contributed by atoms with Gasteiger partial charge in [0.15, 0.2) is 0 Å². The van der Waals surface area contributed by atoms with Crippen LogP contribution in [0.2, 0.25) is 0 Å². The van der Waals surface area contributed by atoms with E-state index in [1.807, 2.05) is 42.6 Å². The van der Waals surface area contributed by atoms with Crippen LogP contribution in [0.3, 0.4) is 0 Å². The van der Waals surface area contributed by atoms with Crippen molar-refractivity contribution >= 4 is 57.6 Å². The number of hydrogen-bond donors (Lipinski definition) is 5. The highest BCUT2D eigenvalue weighted by Gasteiger charge is 2.25. The van der Waals surface area contributed by atoms with Crippen molar-refractivity contribution < 1.29 is 0 Å². The lowest BCUT2D eigenvalue weighted by atomic mass is 9.93.